The van der Waals surface area contributed by atoms with E-state index >= 15 is 0 Å². The van der Waals surface area contributed by atoms with E-state index in [1.807, 2.05) is 75.2 Å². The van der Waals surface area contributed by atoms with Crippen molar-refractivity contribution in [3.63, 3.8) is 0 Å². The molecule has 0 N–H and O–H groups in total. The zero-order valence-electron chi connectivity index (χ0n) is 13.5. The molecule has 5 nitrogen and oxygen atoms in total. The van der Waals surface area contributed by atoms with Crippen LogP contribution in [0.15, 0.2) is 67.3 Å². The number of piperidine rings is 1. The van der Waals surface area contributed by atoms with Crippen LogP contribution in [0.25, 0.3) is 5.69 Å². The lowest BCUT2D eigenvalue weighted by molar-refractivity contribution is 0.0673. The van der Waals surface area contributed by atoms with Gasteiger partial charge in [0.1, 0.15) is 0 Å². The van der Waals surface area contributed by atoms with Gasteiger partial charge in [0, 0.05) is 49.1 Å². The van der Waals surface area contributed by atoms with E-state index in [0.29, 0.717) is 6.54 Å². The number of rotatable bonds is 3. The van der Waals surface area contributed by atoms with Gasteiger partial charge in [-0.3, -0.25) is 9.48 Å². The Bertz CT molecular complexity index is 808. The summed E-state index contributed by atoms with van der Waals surface area (Å²) in [6.45, 7) is 1.53. The number of hydrogen-bond acceptors (Lipinski definition) is 2. The van der Waals surface area contributed by atoms with Gasteiger partial charge in [-0.05, 0) is 49.2 Å². The Kier molecular flexibility index (Phi) is 3.91. The molecule has 24 heavy (non-hydrogen) atoms. The summed E-state index contributed by atoms with van der Waals surface area (Å²) in [5.74, 6) is 0.0980. The van der Waals surface area contributed by atoms with Crippen molar-refractivity contribution in [2.45, 2.75) is 18.9 Å². The third kappa shape index (κ3) is 2.85. The van der Waals surface area contributed by atoms with Crippen LogP contribution in [0.2, 0.25) is 0 Å². The normalized spacial score (nSPS) is 17.8. The van der Waals surface area contributed by atoms with E-state index in [4.69, 9.17) is 0 Å². The summed E-state index contributed by atoms with van der Waals surface area (Å²) in [6.07, 6.45) is 9.81. The number of nitrogens with zero attached hydrogens (tertiary/aromatic N) is 4. The van der Waals surface area contributed by atoms with Crippen molar-refractivity contribution in [2.75, 3.05) is 13.1 Å². The van der Waals surface area contributed by atoms with Gasteiger partial charge in [-0.1, -0.05) is 6.07 Å². The van der Waals surface area contributed by atoms with Crippen molar-refractivity contribution < 1.29 is 4.79 Å². The van der Waals surface area contributed by atoms with E-state index in [0.717, 1.165) is 30.6 Å². The van der Waals surface area contributed by atoms with Gasteiger partial charge in [0.25, 0.3) is 5.91 Å². The Hall–Kier alpha value is -2.82. The Labute approximate surface area is 141 Å². The van der Waals surface area contributed by atoms with Crippen LogP contribution in [0.3, 0.4) is 0 Å². The zero-order valence-corrected chi connectivity index (χ0v) is 13.5. The molecule has 0 bridgehead atoms. The molecule has 3 aromatic rings. The molecular formula is C19H20N4O. The second-order valence-electron chi connectivity index (χ2n) is 6.17. The highest BCUT2D eigenvalue weighted by molar-refractivity contribution is 5.94. The molecule has 3 heterocycles. The maximum absolute atomic E-state index is 12.9. The number of benzene rings is 1. The van der Waals surface area contributed by atoms with Crippen molar-refractivity contribution in [3.05, 3.63) is 72.8 Å². The predicted octanol–water partition coefficient (Wildman–Crippen LogP) is 3.15. The first-order chi connectivity index (χ1) is 11.8. The Morgan fingerprint density at radius 2 is 1.96 bits per heavy atom. The SMILES string of the molecule is O=C(c1cccc(-n2cccc2)c1)N1CCC[C@@H](n2cccn2)C1. The van der Waals surface area contributed by atoms with Gasteiger partial charge in [-0.25, -0.2) is 0 Å². The first-order valence-corrected chi connectivity index (χ1v) is 8.33. The molecule has 1 fully saturated rings. The van der Waals surface area contributed by atoms with Crippen LogP contribution in [0.1, 0.15) is 29.2 Å². The number of likely N-dealkylation sites (tertiary alicyclic amines) is 1. The second kappa shape index (κ2) is 6.35. The molecule has 1 aromatic carbocycles. The average Bonchev–Trinajstić information content (AvgIpc) is 3.35. The fourth-order valence-corrected chi connectivity index (χ4v) is 3.34. The van der Waals surface area contributed by atoms with Gasteiger partial charge in [0.05, 0.1) is 6.04 Å². The van der Waals surface area contributed by atoms with Crippen molar-refractivity contribution in [1.82, 2.24) is 19.2 Å². The smallest absolute Gasteiger partial charge is 0.254 e. The first kappa shape index (κ1) is 14.8. The number of carbonyl (C=O) groups excluding carboxylic acids is 1. The number of carbonyl (C=O) groups is 1. The van der Waals surface area contributed by atoms with E-state index in [9.17, 15) is 4.79 Å². The van der Waals surface area contributed by atoms with Gasteiger partial charge in [-0.15, -0.1) is 0 Å². The Balaban J connectivity index is 1.54. The van der Waals surface area contributed by atoms with E-state index in [1.54, 1.807) is 6.20 Å². The molecule has 5 heteroatoms. The highest BCUT2D eigenvalue weighted by Crippen LogP contribution is 2.22. The maximum atomic E-state index is 12.9. The quantitative estimate of drug-likeness (QED) is 0.744. The minimum absolute atomic E-state index is 0.0980. The standard InChI is InChI=1S/C19H20N4O/c24-19(16-6-3-7-17(14-16)21-10-1-2-11-21)22-12-4-8-18(15-22)23-13-5-9-20-23/h1-3,5-7,9-11,13-14,18H,4,8,12,15H2/t18-/m1/s1. The van der Waals surface area contributed by atoms with Gasteiger partial charge < -0.3 is 9.47 Å². The number of hydrogen-bond donors (Lipinski definition) is 0. The summed E-state index contributed by atoms with van der Waals surface area (Å²) >= 11 is 0. The molecule has 0 spiro atoms. The van der Waals surface area contributed by atoms with Crippen molar-refractivity contribution >= 4 is 5.91 Å². The summed E-state index contributed by atoms with van der Waals surface area (Å²) in [4.78, 5) is 14.9. The molecule has 1 aliphatic heterocycles. The van der Waals surface area contributed by atoms with Crippen LogP contribution in [-0.2, 0) is 0 Å². The van der Waals surface area contributed by atoms with Gasteiger partial charge in [-0.2, -0.15) is 5.10 Å². The molecule has 1 atom stereocenters. The van der Waals surface area contributed by atoms with Crippen LogP contribution >= 0.6 is 0 Å². The van der Waals surface area contributed by atoms with E-state index in [1.165, 1.54) is 0 Å². The zero-order chi connectivity index (χ0) is 16.4. The summed E-state index contributed by atoms with van der Waals surface area (Å²) in [5.41, 5.74) is 1.74. The van der Waals surface area contributed by atoms with Gasteiger partial charge >= 0.3 is 0 Å². The molecule has 1 aliphatic rings. The van der Waals surface area contributed by atoms with E-state index in [2.05, 4.69) is 5.10 Å². The summed E-state index contributed by atoms with van der Waals surface area (Å²) < 4.78 is 3.98. The average molecular weight is 320 g/mol. The predicted molar refractivity (Wildman–Crippen MR) is 92.2 cm³/mol. The van der Waals surface area contributed by atoms with Crippen LogP contribution in [0.5, 0.6) is 0 Å². The lowest BCUT2D eigenvalue weighted by atomic mass is 10.0. The third-order valence-corrected chi connectivity index (χ3v) is 4.58. The molecule has 0 radical (unpaired) electrons. The van der Waals surface area contributed by atoms with Crippen LogP contribution < -0.4 is 0 Å². The molecule has 122 valence electrons. The van der Waals surface area contributed by atoms with Crippen molar-refractivity contribution in [3.8, 4) is 5.69 Å². The first-order valence-electron chi connectivity index (χ1n) is 8.33. The van der Waals surface area contributed by atoms with Gasteiger partial charge in [0.2, 0.25) is 0 Å². The highest BCUT2D eigenvalue weighted by atomic mass is 16.2. The molecule has 4 rings (SSSR count). The number of aromatic nitrogens is 3. The summed E-state index contributed by atoms with van der Waals surface area (Å²) in [7, 11) is 0. The minimum Gasteiger partial charge on any atom is -0.337 e. The van der Waals surface area contributed by atoms with E-state index in [-0.39, 0.29) is 11.9 Å². The minimum atomic E-state index is 0.0980. The fraction of sp³-hybridized carbons (Fsp3) is 0.263. The monoisotopic (exact) mass is 320 g/mol. The molecule has 0 unspecified atom stereocenters. The lowest BCUT2D eigenvalue weighted by Crippen LogP contribution is -2.40. The fourth-order valence-electron chi connectivity index (χ4n) is 3.34. The highest BCUT2D eigenvalue weighted by Gasteiger charge is 2.25. The molecule has 0 saturated carbocycles. The Morgan fingerprint density at radius 1 is 1.08 bits per heavy atom. The maximum Gasteiger partial charge on any atom is 0.254 e. The second-order valence-corrected chi connectivity index (χ2v) is 6.17. The summed E-state index contributed by atoms with van der Waals surface area (Å²) in [6, 6.07) is 14.0. The van der Waals surface area contributed by atoms with E-state index < -0.39 is 0 Å². The molecule has 1 saturated heterocycles. The largest absolute Gasteiger partial charge is 0.337 e. The summed E-state index contributed by atoms with van der Waals surface area (Å²) in [5, 5.41) is 4.33. The van der Waals surface area contributed by atoms with Crippen LogP contribution in [0.4, 0.5) is 0 Å². The number of amides is 1. The molecule has 2 aromatic heterocycles. The molecular weight excluding hydrogens is 300 g/mol. The molecule has 0 aliphatic carbocycles. The van der Waals surface area contributed by atoms with Crippen LogP contribution in [0, 0.1) is 0 Å². The Morgan fingerprint density at radius 3 is 2.75 bits per heavy atom. The lowest BCUT2D eigenvalue weighted by Gasteiger charge is -2.33. The molecule has 1 amide bonds. The van der Waals surface area contributed by atoms with Gasteiger partial charge in [0.15, 0.2) is 0 Å². The van der Waals surface area contributed by atoms with Crippen molar-refractivity contribution in [1.29, 1.82) is 0 Å². The third-order valence-electron chi connectivity index (χ3n) is 4.58. The van der Waals surface area contributed by atoms with Crippen LogP contribution in [-0.4, -0.2) is 38.2 Å². The van der Waals surface area contributed by atoms with Crippen molar-refractivity contribution in [2.24, 2.45) is 0 Å². The topological polar surface area (TPSA) is 43.1 Å².